The Hall–Kier alpha value is -1.25. The minimum Gasteiger partial charge on any atom is -0.381 e. The minimum absolute atomic E-state index is 0.646. The van der Waals surface area contributed by atoms with Crippen molar-refractivity contribution < 1.29 is 0 Å². The number of piperidine rings is 1. The molecule has 1 aromatic heterocycles. The van der Waals surface area contributed by atoms with E-state index in [1.54, 1.807) is 0 Å². The van der Waals surface area contributed by atoms with Crippen LogP contribution in [0.1, 0.15) is 64.2 Å². The lowest BCUT2D eigenvalue weighted by Gasteiger charge is -2.28. The zero-order valence-electron chi connectivity index (χ0n) is 13.2. The first-order chi connectivity index (χ1) is 10.4. The fourth-order valence-electron chi connectivity index (χ4n) is 3.62. The van der Waals surface area contributed by atoms with Gasteiger partial charge in [-0.25, -0.2) is 4.98 Å². The van der Waals surface area contributed by atoms with Crippen LogP contribution in [0.3, 0.4) is 0 Å². The van der Waals surface area contributed by atoms with E-state index in [-0.39, 0.29) is 0 Å². The molecule has 1 aliphatic carbocycles. The Kier molecular flexibility index (Phi) is 5.36. The summed E-state index contributed by atoms with van der Waals surface area (Å²) >= 11 is 0. The van der Waals surface area contributed by atoms with Crippen LogP contribution in [0.15, 0.2) is 18.3 Å². The van der Waals surface area contributed by atoms with Crippen LogP contribution in [-0.2, 0) is 0 Å². The van der Waals surface area contributed by atoms with Gasteiger partial charge in [-0.2, -0.15) is 0 Å². The SMILES string of the molecule is c1cc(N2CCCCC2)ncc1NC1CCCCCCC1. The molecular formula is C18H29N3. The van der Waals surface area contributed by atoms with Gasteiger partial charge in [0.25, 0.3) is 0 Å². The van der Waals surface area contributed by atoms with Gasteiger partial charge in [-0.1, -0.05) is 32.1 Å². The van der Waals surface area contributed by atoms with Crippen molar-refractivity contribution in [2.75, 3.05) is 23.3 Å². The highest BCUT2D eigenvalue weighted by Gasteiger charge is 2.13. The Morgan fingerprint density at radius 2 is 1.52 bits per heavy atom. The van der Waals surface area contributed by atoms with E-state index in [9.17, 15) is 0 Å². The van der Waals surface area contributed by atoms with E-state index >= 15 is 0 Å². The summed E-state index contributed by atoms with van der Waals surface area (Å²) < 4.78 is 0. The average Bonchev–Trinajstić information content (AvgIpc) is 2.51. The Bertz CT molecular complexity index is 401. The number of nitrogens with one attached hydrogen (secondary N) is 1. The summed E-state index contributed by atoms with van der Waals surface area (Å²) in [7, 11) is 0. The Morgan fingerprint density at radius 1 is 0.857 bits per heavy atom. The van der Waals surface area contributed by atoms with E-state index in [0.29, 0.717) is 6.04 Å². The molecule has 0 atom stereocenters. The molecule has 1 saturated carbocycles. The minimum atomic E-state index is 0.646. The molecule has 2 heterocycles. The molecule has 2 aliphatic rings. The van der Waals surface area contributed by atoms with Crippen LogP contribution in [-0.4, -0.2) is 24.1 Å². The zero-order valence-corrected chi connectivity index (χ0v) is 13.2. The molecule has 1 aliphatic heterocycles. The van der Waals surface area contributed by atoms with E-state index in [2.05, 4.69) is 27.3 Å². The summed E-state index contributed by atoms with van der Waals surface area (Å²) in [5.41, 5.74) is 1.20. The summed E-state index contributed by atoms with van der Waals surface area (Å²) in [6.45, 7) is 2.34. The molecule has 0 unspecified atom stereocenters. The molecule has 116 valence electrons. The maximum atomic E-state index is 4.67. The second-order valence-electron chi connectivity index (χ2n) is 6.64. The third kappa shape index (κ3) is 4.36. The standard InChI is InChI=1S/C18H29N3/c1-2-5-9-16(10-6-3-1)20-17-11-12-18(19-15-17)21-13-7-4-8-14-21/h11-12,15-16,20H,1-10,13-14H2. The van der Waals surface area contributed by atoms with Crippen LogP contribution in [0.2, 0.25) is 0 Å². The van der Waals surface area contributed by atoms with Gasteiger partial charge in [0.2, 0.25) is 0 Å². The van der Waals surface area contributed by atoms with Gasteiger partial charge in [-0.3, -0.25) is 0 Å². The van der Waals surface area contributed by atoms with Crippen molar-refractivity contribution in [1.29, 1.82) is 0 Å². The van der Waals surface area contributed by atoms with Gasteiger partial charge >= 0.3 is 0 Å². The predicted molar refractivity (Wildman–Crippen MR) is 90.0 cm³/mol. The first-order valence-corrected chi connectivity index (χ1v) is 8.89. The maximum absolute atomic E-state index is 4.67. The van der Waals surface area contributed by atoms with Crippen LogP contribution in [0.5, 0.6) is 0 Å². The van der Waals surface area contributed by atoms with E-state index in [4.69, 9.17) is 0 Å². The lowest BCUT2D eigenvalue weighted by Crippen LogP contribution is -2.30. The molecule has 3 rings (SSSR count). The molecule has 0 bridgehead atoms. The number of hydrogen-bond donors (Lipinski definition) is 1. The number of anilines is 2. The third-order valence-electron chi connectivity index (χ3n) is 4.90. The van der Waals surface area contributed by atoms with Gasteiger partial charge in [0.05, 0.1) is 11.9 Å². The predicted octanol–water partition coefficient (Wildman–Crippen LogP) is 4.60. The van der Waals surface area contributed by atoms with Gasteiger partial charge in [0.15, 0.2) is 0 Å². The Labute approximate surface area is 129 Å². The molecule has 21 heavy (non-hydrogen) atoms. The average molecular weight is 287 g/mol. The largest absolute Gasteiger partial charge is 0.381 e. The molecule has 1 saturated heterocycles. The first kappa shape index (κ1) is 14.7. The number of nitrogens with zero attached hydrogens (tertiary/aromatic N) is 2. The zero-order chi connectivity index (χ0) is 14.3. The maximum Gasteiger partial charge on any atom is 0.128 e. The van der Waals surface area contributed by atoms with Crippen molar-refractivity contribution in [1.82, 2.24) is 4.98 Å². The second kappa shape index (κ2) is 7.67. The summed E-state index contributed by atoms with van der Waals surface area (Å²) in [5, 5.41) is 3.70. The number of pyridine rings is 1. The lowest BCUT2D eigenvalue weighted by atomic mass is 9.96. The smallest absolute Gasteiger partial charge is 0.128 e. The highest BCUT2D eigenvalue weighted by molar-refractivity contribution is 5.49. The van der Waals surface area contributed by atoms with Gasteiger partial charge in [-0.05, 0) is 44.2 Å². The first-order valence-electron chi connectivity index (χ1n) is 8.89. The molecule has 1 aromatic rings. The normalized spacial score (nSPS) is 21.6. The van der Waals surface area contributed by atoms with Gasteiger partial charge in [-0.15, -0.1) is 0 Å². The molecule has 3 nitrogen and oxygen atoms in total. The highest BCUT2D eigenvalue weighted by Crippen LogP contribution is 2.22. The van der Waals surface area contributed by atoms with Crippen LogP contribution in [0.4, 0.5) is 11.5 Å². The summed E-state index contributed by atoms with van der Waals surface area (Å²) in [6.07, 6.45) is 15.6. The number of aromatic nitrogens is 1. The molecule has 0 aromatic carbocycles. The van der Waals surface area contributed by atoms with Crippen molar-refractivity contribution in [2.24, 2.45) is 0 Å². The summed E-state index contributed by atoms with van der Waals surface area (Å²) in [4.78, 5) is 7.09. The highest BCUT2D eigenvalue weighted by atomic mass is 15.2. The van der Waals surface area contributed by atoms with Crippen LogP contribution >= 0.6 is 0 Å². The molecule has 0 radical (unpaired) electrons. The molecular weight excluding hydrogens is 258 g/mol. The fourth-order valence-corrected chi connectivity index (χ4v) is 3.62. The third-order valence-corrected chi connectivity index (χ3v) is 4.90. The fraction of sp³-hybridized carbons (Fsp3) is 0.722. The number of rotatable bonds is 3. The summed E-state index contributed by atoms with van der Waals surface area (Å²) in [5.74, 6) is 1.15. The lowest BCUT2D eigenvalue weighted by molar-refractivity contribution is 0.471. The molecule has 3 heteroatoms. The van der Waals surface area contributed by atoms with Crippen molar-refractivity contribution >= 4 is 11.5 Å². The van der Waals surface area contributed by atoms with Gasteiger partial charge in [0, 0.05) is 19.1 Å². The van der Waals surface area contributed by atoms with Crippen molar-refractivity contribution in [2.45, 2.75) is 70.3 Å². The number of hydrogen-bond acceptors (Lipinski definition) is 3. The quantitative estimate of drug-likeness (QED) is 0.881. The van der Waals surface area contributed by atoms with E-state index in [1.165, 1.54) is 83.0 Å². The van der Waals surface area contributed by atoms with E-state index < -0.39 is 0 Å². The van der Waals surface area contributed by atoms with Crippen molar-refractivity contribution in [3.63, 3.8) is 0 Å². The molecule has 2 fully saturated rings. The summed E-state index contributed by atoms with van der Waals surface area (Å²) in [6, 6.07) is 5.06. The van der Waals surface area contributed by atoms with Crippen molar-refractivity contribution in [3.05, 3.63) is 18.3 Å². The Balaban J connectivity index is 1.55. The second-order valence-corrected chi connectivity index (χ2v) is 6.64. The Morgan fingerprint density at radius 3 is 2.19 bits per heavy atom. The molecule has 1 N–H and O–H groups in total. The molecule has 0 amide bonds. The van der Waals surface area contributed by atoms with E-state index in [0.717, 1.165) is 5.82 Å². The topological polar surface area (TPSA) is 28.2 Å². The van der Waals surface area contributed by atoms with E-state index in [1.807, 2.05) is 6.20 Å². The van der Waals surface area contributed by atoms with Gasteiger partial charge < -0.3 is 10.2 Å². The van der Waals surface area contributed by atoms with Crippen LogP contribution in [0, 0.1) is 0 Å². The molecule has 0 spiro atoms. The monoisotopic (exact) mass is 287 g/mol. The van der Waals surface area contributed by atoms with Crippen molar-refractivity contribution in [3.8, 4) is 0 Å². The van der Waals surface area contributed by atoms with Crippen LogP contribution < -0.4 is 10.2 Å². The van der Waals surface area contributed by atoms with Gasteiger partial charge in [0.1, 0.15) is 5.82 Å². The van der Waals surface area contributed by atoms with Crippen LogP contribution in [0.25, 0.3) is 0 Å².